The van der Waals surface area contributed by atoms with E-state index in [0.717, 1.165) is 0 Å². The summed E-state index contributed by atoms with van der Waals surface area (Å²) in [5, 5.41) is 28.7. The number of methoxy groups -OCH3 is 1. The summed E-state index contributed by atoms with van der Waals surface area (Å²) in [5.41, 5.74) is 8.85. The average Bonchev–Trinajstić information content (AvgIpc) is 3.28. The number of carbonyl (C=O) groups is 1. The van der Waals surface area contributed by atoms with Crippen molar-refractivity contribution in [2.24, 2.45) is 5.10 Å². The molecule has 0 saturated heterocycles. The Bertz CT molecular complexity index is 994. The number of carbonyl (C=O) groups excluding carboxylic acids is 1. The molecular formula is C15H16N8O4. The van der Waals surface area contributed by atoms with Gasteiger partial charge in [-0.2, -0.15) is 9.78 Å². The summed E-state index contributed by atoms with van der Waals surface area (Å²) in [4.78, 5) is 12.4. The molecule has 3 aromatic rings. The molecule has 140 valence electrons. The second-order valence-electron chi connectivity index (χ2n) is 5.22. The van der Waals surface area contributed by atoms with Crippen molar-refractivity contribution in [3.8, 4) is 17.3 Å². The fourth-order valence-electron chi connectivity index (χ4n) is 2.32. The summed E-state index contributed by atoms with van der Waals surface area (Å²) in [6, 6.07) is 4.89. The van der Waals surface area contributed by atoms with Crippen LogP contribution in [0.25, 0.3) is 5.82 Å². The molecule has 0 bridgehead atoms. The standard InChI is InChI=1S/C15H16N8O4/c1-3-9-11(18-22-23(9)14-13(16)20-27-21-14)15(25)19-17-7-8-5-4-6-10(26-2)12(8)24/h4-7,24H,3H2,1-2H3,(H2,16,20)(H,19,25). The molecule has 0 aliphatic carbocycles. The summed E-state index contributed by atoms with van der Waals surface area (Å²) >= 11 is 0. The number of hydrogen-bond donors (Lipinski definition) is 3. The Kier molecular flexibility index (Phi) is 4.97. The molecule has 12 heteroatoms. The summed E-state index contributed by atoms with van der Waals surface area (Å²) < 4.78 is 10.8. The first-order valence-electron chi connectivity index (χ1n) is 7.79. The van der Waals surface area contributed by atoms with Gasteiger partial charge in [0.05, 0.1) is 19.0 Å². The topological polar surface area (TPSA) is 167 Å². The fourth-order valence-corrected chi connectivity index (χ4v) is 2.32. The van der Waals surface area contributed by atoms with Crippen molar-refractivity contribution in [3.63, 3.8) is 0 Å². The number of aromatic hydroxyl groups is 1. The predicted octanol–water partition coefficient (Wildman–Crippen LogP) is 0.273. The van der Waals surface area contributed by atoms with Crippen LogP contribution in [-0.4, -0.2) is 49.6 Å². The van der Waals surface area contributed by atoms with E-state index in [1.165, 1.54) is 18.0 Å². The van der Waals surface area contributed by atoms with Gasteiger partial charge in [-0.3, -0.25) is 4.79 Å². The molecule has 2 aromatic heterocycles. The van der Waals surface area contributed by atoms with E-state index < -0.39 is 5.91 Å². The molecule has 12 nitrogen and oxygen atoms in total. The van der Waals surface area contributed by atoms with Gasteiger partial charge in [0.2, 0.25) is 11.6 Å². The van der Waals surface area contributed by atoms with Crippen molar-refractivity contribution in [2.75, 3.05) is 12.8 Å². The van der Waals surface area contributed by atoms with Crippen molar-refractivity contribution in [2.45, 2.75) is 13.3 Å². The highest BCUT2D eigenvalue weighted by molar-refractivity contribution is 5.94. The van der Waals surface area contributed by atoms with Gasteiger partial charge in [0, 0.05) is 5.56 Å². The average molecular weight is 372 g/mol. The van der Waals surface area contributed by atoms with Gasteiger partial charge in [0.25, 0.3) is 5.91 Å². The number of ether oxygens (including phenoxy) is 1. The zero-order chi connectivity index (χ0) is 19.4. The van der Waals surface area contributed by atoms with Crippen molar-refractivity contribution in [1.29, 1.82) is 0 Å². The van der Waals surface area contributed by atoms with Crippen LogP contribution in [0.15, 0.2) is 27.9 Å². The minimum Gasteiger partial charge on any atom is -0.504 e. The first-order chi connectivity index (χ1) is 13.1. The summed E-state index contributed by atoms with van der Waals surface area (Å²) in [7, 11) is 1.44. The molecule has 1 aromatic carbocycles. The van der Waals surface area contributed by atoms with Gasteiger partial charge in [0.1, 0.15) is 0 Å². The molecule has 2 heterocycles. The number of aromatic nitrogens is 5. The summed E-state index contributed by atoms with van der Waals surface area (Å²) in [6.07, 6.45) is 1.70. The molecule has 4 N–H and O–H groups in total. The smallest absolute Gasteiger partial charge is 0.293 e. The lowest BCUT2D eigenvalue weighted by Crippen LogP contribution is -2.20. The van der Waals surface area contributed by atoms with Crippen LogP contribution >= 0.6 is 0 Å². The molecule has 0 aliphatic heterocycles. The number of nitrogen functional groups attached to an aromatic ring is 1. The Hall–Kier alpha value is -3.96. The number of para-hydroxylation sites is 1. The number of phenols is 1. The monoisotopic (exact) mass is 372 g/mol. The SMILES string of the molecule is CCc1c(C(=O)NN=Cc2cccc(OC)c2O)nnn1-c1nonc1N. The van der Waals surface area contributed by atoms with E-state index in [1.54, 1.807) is 18.2 Å². The van der Waals surface area contributed by atoms with Crippen LogP contribution in [0.3, 0.4) is 0 Å². The molecule has 3 rings (SSSR count). The van der Waals surface area contributed by atoms with Crippen molar-refractivity contribution in [3.05, 3.63) is 35.2 Å². The van der Waals surface area contributed by atoms with Gasteiger partial charge in [-0.1, -0.05) is 18.2 Å². The fraction of sp³-hybridized carbons (Fsp3) is 0.200. The van der Waals surface area contributed by atoms with Crippen LogP contribution in [0.4, 0.5) is 5.82 Å². The number of amides is 1. The van der Waals surface area contributed by atoms with Crippen LogP contribution in [0, 0.1) is 0 Å². The predicted molar refractivity (Wildman–Crippen MR) is 92.7 cm³/mol. The van der Waals surface area contributed by atoms with Crippen LogP contribution < -0.4 is 15.9 Å². The molecule has 0 unspecified atom stereocenters. The van der Waals surface area contributed by atoms with Crippen LogP contribution in [-0.2, 0) is 6.42 Å². The number of nitrogens with zero attached hydrogens (tertiary/aromatic N) is 6. The van der Waals surface area contributed by atoms with Gasteiger partial charge in [-0.15, -0.1) is 5.10 Å². The van der Waals surface area contributed by atoms with E-state index >= 15 is 0 Å². The second kappa shape index (κ2) is 7.51. The van der Waals surface area contributed by atoms with E-state index in [1.807, 2.05) is 6.92 Å². The zero-order valence-electron chi connectivity index (χ0n) is 14.4. The highest BCUT2D eigenvalue weighted by Gasteiger charge is 2.22. The lowest BCUT2D eigenvalue weighted by molar-refractivity contribution is 0.0949. The molecule has 0 spiro atoms. The van der Waals surface area contributed by atoms with Crippen molar-refractivity contribution >= 4 is 17.9 Å². The molecular weight excluding hydrogens is 356 g/mol. The minimum absolute atomic E-state index is 0.0214. The quantitative estimate of drug-likeness (QED) is 0.406. The third-order valence-corrected chi connectivity index (χ3v) is 3.63. The lowest BCUT2D eigenvalue weighted by Gasteiger charge is -2.05. The highest BCUT2D eigenvalue weighted by atomic mass is 16.6. The van der Waals surface area contributed by atoms with E-state index in [9.17, 15) is 9.90 Å². The van der Waals surface area contributed by atoms with Gasteiger partial charge in [0.15, 0.2) is 17.2 Å². The summed E-state index contributed by atoms with van der Waals surface area (Å²) in [5.74, 6) is -0.226. The van der Waals surface area contributed by atoms with Gasteiger partial charge < -0.3 is 15.6 Å². The van der Waals surface area contributed by atoms with E-state index in [-0.39, 0.29) is 23.1 Å². The van der Waals surface area contributed by atoms with Crippen molar-refractivity contribution in [1.82, 2.24) is 30.7 Å². The van der Waals surface area contributed by atoms with E-state index in [0.29, 0.717) is 23.4 Å². The maximum absolute atomic E-state index is 12.4. The summed E-state index contributed by atoms with van der Waals surface area (Å²) in [6.45, 7) is 1.81. The molecule has 27 heavy (non-hydrogen) atoms. The van der Waals surface area contributed by atoms with Gasteiger partial charge >= 0.3 is 0 Å². The number of benzene rings is 1. The third-order valence-electron chi connectivity index (χ3n) is 3.63. The number of rotatable bonds is 6. The Morgan fingerprint density at radius 1 is 1.48 bits per heavy atom. The Morgan fingerprint density at radius 3 is 2.96 bits per heavy atom. The molecule has 0 fully saturated rings. The van der Waals surface area contributed by atoms with Crippen molar-refractivity contribution < 1.29 is 19.3 Å². The zero-order valence-corrected chi connectivity index (χ0v) is 14.4. The van der Waals surface area contributed by atoms with Crippen LogP contribution in [0.1, 0.15) is 28.7 Å². The Balaban J connectivity index is 1.79. The number of hydrogen-bond acceptors (Lipinski definition) is 10. The first kappa shape index (κ1) is 17.8. The van der Waals surface area contributed by atoms with Gasteiger partial charge in [-0.05, 0) is 28.9 Å². The Morgan fingerprint density at radius 2 is 2.30 bits per heavy atom. The molecule has 0 saturated carbocycles. The minimum atomic E-state index is -0.591. The number of nitrogens with two attached hydrogens (primary N) is 1. The maximum atomic E-state index is 12.4. The molecule has 0 atom stereocenters. The third kappa shape index (κ3) is 3.40. The number of phenolic OH excluding ortho intramolecular Hbond substituents is 1. The van der Waals surface area contributed by atoms with Crippen LogP contribution in [0.2, 0.25) is 0 Å². The second-order valence-corrected chi connectivity index (χ2v) is 5.22. The molecule has 0 aliphatic rings. The van der Waals surface area contributed by atoms with E-state index in [2.05, 4.69) is 35.8 Å². The first-order valence-corrected chi connectivity index (χ1v) is 7.79. The molecule has 0 radical (unpaired) electrons. The normalized spacial score (nSPS) is 11.0. The number of anilines is 1. The van der Waals surface area contributed by atoms with Gasteiger partial charge in [-0.25, -0.2) is 10.1 Å². The molecule has 1 amide bonds. The van der Waals surface area contributed by atoms with E-state index in [4.69, 9.17) is 10.5 Å². The lowest BCUT2D eigenvalue weighted by atomic mass is 10.2. The highest BCUT2D eigenvalue weighted by Crippen LogP contribution is 2.27. The largest absolute Gasteiger partial charge is 0.504 e. The van der Waals surface area contributed by atoms with Crippen LogP contribution in [0.5, 0.6) is 11.5 Å². The number of nitrogens with one attached hydrogen (secondary N) is 1. The maximum Gasteiger partial charge on any atom is 0.293 e. The number of hydrazone groups is 1. The Labute approximate surface area is 152 Å².